The Bertz CT molecular complexity index is 466. The number of carbonyl (C=O) groups is 1. The predicted octanol–water partition coefficient (Wildman–Crippen LogP) is 1.76. The predicted molar refractivity (Wildman–Crippen MR) is 79.9 cm³/mol. The molecule has 2 rings (SSSR count). The van der Waals surface area contributed by atoms with Crippen molar-refractivity contribution >= 4 is 5.91 Å². The van der Waals surface area contributed by atoms with E-state index in [4.69, 9.17) is 0 Å². The average molecular weight is 278 g/mol. The molecule has 0 aromatic carbocycles. The zero-order valence-corrected chi connectivity index (χ0v) is 13.0. The standard InChI is InChI=1S/C15H26N4O/c1-5-19-8-6-7-12(10-19)16-15(20)13-9-14(11(2)3)18(4)17-13/h9,11-12H,5-8,10H2,1-4H3,(H,16,20). The molecule has 0 spiro atoms. The lowest BCUT2D eigenvalue weighted by Crippen LogP contribution is -2.47. The van der Waals surface area contributed by atoms with Crippen molar-refractivity contribution in [1.82, 2.24) is 20.0 Å². The van der Waals surface area contributed by atoms with Crippen LogP contribution in [-0.4, -0.2) is 46.3 Å². The van der Waals surface area contributed by atoms with Gasteiger partial charge < -0.3 is 10.2 Å². The van der Waals surface area contributed by atoms with Gasteiger partial charge in [-0.2, -0.15) is 5.10 Å². The second kappa shape index (κ2) is 6.39. The monoisotopic (exact) mass is 278 g/mol. The van der Waals surface area contributed by atoms with Gasteiger partial charge in [0.25, 0.3) is 5.91 Å². The highest BCUT2D eigenvalue weighted by atomic mass is 16.2. The summed E-state index contributed by atoms with van der Waals surface area (Å²) in [5, 5.41) is 7.45. The van der Waals surface area contributed by atoms with Crippen LogP contribution in [0.5, 0.6) is 0 Å². The number of hydrogen-bond acceptors (Lipinski definition) is 3. The van der Waals surface area contributed by atoms with E-state index in [1.165, 1.54) is 0 Å². The number of likely N-dealkylation sites (tertiary alicyclic amines) is 1. The summed E-state index contributed by atoms with van der Waals surface area (Å²) in [7, 11) is 1.89. The summed E-state index contributed by atoms with van der Waals surface area (Å²) >= 11 is 0. The van der Waals surface area contributed by atoms with E-state index < -0.39 is 0 Å². The number of nitrogens with zero attached hydrogens (tertiary/aromatic N) is 3. The number of nitrogens with one attached hydrogen (secondary N) is 1. The highest BCUT2D eigenvalue weighted by molar-refractivity contribution is 5.92. The van der Waals surface area contributed by atoms with Crippen LogP contribution in [0, 0.1) is 0 Å². The second-order valence-corrected chi connectivity index (χ2v) is 5.94. The molecule has 0 bridgehead atoms. The molecule has 1 amide bonds. The van der Waals surface area contributed by atoms with Gasteiger partial charge >= 0.3 is 0 Å². The number of likely N-dealkylation sites (N-methyl/N-ethyl adjacent to an activating group) is 1. The molecule has 112 valence electrons. The Hall–Kier alpha value is -1.36. The van der Waals surface area contributed by atoms with E-state index in [9.17, 15) is 4.79 Å². The molecule has 20 heavy (non-hydrogen) atoms. The van der Waals surface area contributed by atoms with Crippen molar-refractivity contribution in [2.45, 2.75) is 45.6 Å². The van der Waals surface area contributed by atoms with Crippen LogP contribution >= 0.6 is 0 Å². The molecule has 1 unspecified atom stereocenters. The topological polar surface area (TPSA) is 50.2 Å². The van der Waals surface area contributed by atoms with Crippen LogP contribution in [0.3, 0.4) is 0 Å². The number of rotatable bonds is 4. The SMILES string of the molecule is CCN1CCCC(NC(=O)c2cc(C(C)C)n(C)n2)C1. The van der Waals surface area contributed by atoms with Gasteiger partial charge in [-0.3, -0.25) is 9.48 Å². The van der Waals surface area contributed by atoms with Crippen LogP contribution in [0.1, 0.15) is 55.7 Å². The fourth-order valence-corrected chi connectivity index (χ4v) is 2.85. The van der Waals surface area contributed by atoms with Gasteiger partial charge in [0.05, 0.1) is 0 Å². The molecule has 1 aromatic rings. The Morgan fingerprint density at radius 1 is 1.55 bits per heavy atom. The van der Waals surface area contributed by atoms with Gasteiger partial charge in [-0.15, -0.1) is 0 Å². The quantitative estimate of drug-likeness (QED) is 0.913. The molecule has 5 nitrogen and oxygen atoms in total. The van der Waals surface area contributed by atoms with Gasteiger partial charge in [0.2, 0.25) is 0 Å². The van der Waals surface area contributed by atoms with Gasteiger partial charge in [0.1, 0.15) is 5.69 Å². The van der Waals surface area contributed by atoms with Crippen LogP contribution < -0.4 is 5.32 Å². The summed E-state index contributed by atoms with van der Waals surface area (Å²) in [5.41, 5.74) is 1.62. The molecule has 2 heterocycles. The Morgan fingerprint density at radius 3 is 2.90 bits per heavy atom. The molecule has 1 atom stereocenters. The van der Waals surface area contributed by atoms with Crippen molar-refractivity contribution in [3.8, 4) is 0 Å². The van der Waals surface area contributed by atoms with Crippen molar-refractivity contribution in [3.05, 3.63) is 17.5 Å². The van der Waals surface area contributed by atoms with E-state index in [0.717, 1.165) is 38.2 Å². The first-order valence-corrected chi connectivity index (χ1v) is 7.58. The van der Waals surface area contributed by atoms with Gasteiger partial charge in [-0.1, -0.05) is 20.8 Å². The molecule has 1 aliphatic rings. The fraction of sp³-hybridized carbons (Fsp3) is 0.733. The van der Waals surface area contributed by atoms with E-state index in [1.54, 1.807) is 4.68 Å². The van der Waals surface area contributed by atoms with Crippen molar-refractivity contribution in [2.24, 2.45) is 7.05 Å². The maximum absolute atomic E-state index is 12.3. The summed E-state index contributed by atoms with van der Waals surface area (Å²) < 4.78 is 1.80. The lowest BCUT2D eigenvalue weighted by molar-refractivity contribution is 0.0900. The Morgan fingerprint density at radius 2 is 2.30 bits per heavy atom. The lowest BCUT2D eigenvalue weighted by atomic mass is 10.1. The van der Waals surface area contributed by atoms with Gasteiger partial charge in [0.15, 0.2) is 0 Å². The first kappa shape index (κ1) is 15.0. The van der Waals surface area contributed by atoms with Gasteiger partial charge in [0, 0.05) is 25.3 Å². The third-order valence-corrected chi connectivity index (χ3v) is 4.03. The normalized spacial score (nSPS) is 20.4. The number of aromatic nitrogens is 2. The summed E-state index contributed by atoms with van der Waals surface area (Å²) in [6.07, 6.45) is 2.21. The third kappa shape index (κ3) is 3.39. The molecule has 0 radical (unpaired) electrons. The van der Waals surface area contributed by atoms with E-state index in [1.807, 2.05) is 13.1 Å². The number of carbonyl (C=O) groups excluding carboxylic acids is 1. The van der Waals surface area contributed by atoms with Crippen LogP contribution in [0.15, 0.2) is 6.07 Å². The zero-order chi connectivity index (χ0) is 14.7. The van der Waals surface area contributed by atoms with Crippen LogP contribution in [0.25, 0.3) is 0 Å². The van der Waals surface area contributed by atoms with E-state index in [2.05, 4.69) is 36.1 Å². The maximum Gasteiger partial charge on any atom is 0.272 e. The molecular weight excluding hydrogens is 252 g/mol. The molecule has 1 saturated heterocycles. The molecule has 1 aromatic heterocycles. The van der Waals surface area contributed by atoms with Crippen molar-refractivity contribution in [3.63, 3.8) is 0 Å². The minimum Gasteiger partial charge on any atom is -0.347 e. The average Bonchev–Trinajstić information content (AvgIpc) is 2.81. The highest BCUT2D eigenvalue weighted by Crippen LogP contribution is 2.15. The number of amides is 1. The molecule has 1 aliphatic heterocycles. The summed E-state index contributed by atoms with van der Waals surface area (Å²) in [6, 6.07) is 2.15. The fourth-order valence-electron chi connectivity index (χ4n) is 2.85. The molecule has 5 heteroatoms. The van der Waals surface area contributed by atoms with Crippen molar-refractivity contribution in [2.75, 3.05) is 19.6 Å². The summed E-state index contributed by atoms with van der Waals surface area (Å²) in [5.74, 6) is 0.328. The first-order valence-electron chi connectivity index (χ1n) is 7.58. The van der Waals surface area contributed by atoms with E-state index in [0.29, 0.717) is 11.6 Å². The summed E-state index contributed by atoms with van der Waals surface area (Å²) in [4.78, 5) is 14.7. The first-order chi connectivity index (χ1) is 9.51. The number of piperidine rings is 1. The van der Waals surface area contributed by atoms with Gasteiger partial charge in [-0.05, 0) is 37.9 Å². The Balaban J connectivity index is 1.99. The molecule has 1 fully saturated rings. The van der Waals surface area contributed by atoms with Crippen LogP contribution in [0.4, 0.5) is 0 Å². The lowest BCUT2D eigenvalue weighted by Gasteiger charge is -2.32. The van der Waals surface area contributed by atoms with Crippen LogP contribution in [-0.2, 0) is 7.05 Å². The number of aryl methyl sites for hydroxylation is 1. The number of hydrogen-bond donors (Lipinski definition) is 1. The second-order valence-electron chi connectivity index (χ2n) is 5.94. The Labute approximate surface area is 121 Å². The summed E-state index contributed by atoms with van der Waals surface area (Å²) in [6.45, 7) is 9.53. The van der Waals surface area contributed by atoms with Crippen molar-refractivity contribution < 1.29 is 4.79 Å². The van der Waals surface area contributed by atoms with Crippen molar-refractivity contribution in [1.29, 1.82) is 0 Å². The maximum atomic E-state index is 12.3. The van der Waals surface area contributed by atoms with E-state index in [-0.39, 0.29) is 11.9 Å². The smallest absolute Gasteiger partial charge is 0.272 e. The van der Waals surface area contributed by atoms with E-state index >= 15 is 0 Å². The minimum absolute atomic E-state index is 0.0459. The molecule has 0 aliphatic carbocycles. The third-order valence-electron chi connectivity index (χ3n) is 4.03. The van der Waals surface area contributed by atoms with Crippen LogP contribution in [0.2, 0.25) is 0 Å². The zero-order valence-electron chi connectivity index (χ0n) is 13.0. The molecule has 0 saturated carbocycles. The Kier molecular flexibility index (Phi) is 4.81. The minimum atomic E-state index is -0.0459. The molecule has 1 N–H and O–H groups in total. The van der Waals surface area contributed by atoms with Gasteiger partial charge in [-0.25, -0.2) is 0 Å². The molecular formula is C15H26N4O. The highest BCUT2D eigenvalue weighted by Gasteiger charge is 2.22. The largest absolute Gasteiger partial charge is 0.347 e.